The predicted molar refractivity (Wildman–Crippen MR) is 111 cm³/mol. The number of pyridine rings is 1. The summed E-state index contributed by atoms with van der Waals surface area (Å²) >= 11 is 7.40. The normalized spacial score (nSPS) is 11.0. The molecule has 0 saturated carbocycles. The maximum Gasteiger partial charge on any atom is 0.234 e. The van der Waals surface area contributed by atoms with Crippen molar-refractivity contribution in [3.05, 3.63) is 63.7 Å². The van der Waals surface area contributed by atoms with Crippen molar-refractivity contribution >= 4 is 45.9 Å². The fraction of sp³-hybridized carbons (Fsp3) is 0.238. The molecule has 1 amide bonds. The number of anilines is 1. The number of nitrogens with one attached hydrogen (secondary N) is 1. The number of aromatic nitrogens is 1. The van der Waals surface area contributed by atoms with E-state index < -0.39 is 0 Å². The Kier molecular flexibility index (Phi) is 5.54. The van der Waals surface area contributed by atoms with Crippen LogP contribution in [0.4, 0.5) is 5.69 Å². The second kappa shape index (κ2) is 7.68. The van der Waals surface area contributed by atoms with Crippen molar-refractivity contribution in [2.45, 2.75) is 32.7 Å². The van der Waals surface area contributed by atoms with E-state index in [1.807, 2.05) is 25.1 Å². The molecule has 0 bridgehead atoms. The van der Waals surface area contributed by atoms with Crippen molar-refractivity contribution in [2.24, 2.45) is 0 Å². The van der Waals surface area contributed by atoms with Crippen molar-refractivity contribution in [1.29, 1.82) is 0 Å². The Bertz CT molecular complexity index is 1000. The molecule has 0 unspecified atom stereocenters. The van der Waals surface area contributed by atoms with Crippen LogP contribution in [-0.2, 0) is 4.79 Å². The van der Waals surface area contributed by atoms with Gasteiger partial charge in [0.15, 0.2) is 0 Å². The van der Waals surface area contributed by atoms with E-state index in [1.54, 1.807) is 6.07 Å². The number of halogens is 1. The Morgan fingerprint density at radius 2 is 1.81 bits per heavy atom. The first-order chi connectivity index (χ1) is 12.3. The van der Waals surface area contributed by atoms with Gasteiger partial charge in [-0.1, -0.05) is 35.0 Å². The molecular weight excluding hydrogens is 364 g/mol. The molecule has 1 heterocycles. The number of nitrogens with zero attached hydrogens (tertiary/aromatic N) is 1. The van der Waals surface area contributed by atoms with Crippen molar-refractivity contribution in [1.82, 2.24) is 4.98 Å². The van der Waals surface area contributed by atoms with Gasteiger partial charge in [-0.25, -0.2) is 4.98 Å². The van der Waals surface area contributed by atoms with Gasteiger partial charge >= 0.3 is 0 Å². The monoisotopic (exact) mass is 384 g/mol. The van der Waals surface area contributed by atoms with E-state index in [4.69, 9.17) is 16.6 Å². The molecule has 1 aromatic heterocycles. The van der Waals surface area contributed by atoms with Crippen LogP contribution in [-0.4, -0.2) is 16.6 Å². The number of thioether (sulfide) groups is 1. The summed E-state index contributed by atoms with van der Waals surface area (Å²) < 4.78 is 0. The summed E-state index contributed by atoms with van der Waals surface area (Å²) in [7, 11) is 0. The predicted octanol–water partition coefficient (Wildman–Crippen LogP) is 5.85. The number of aryl methyl sites for hydroxylation is 4. The van der Waals surface area contributed by atoms with Crippen LogP contribution in [0.3, 0.4) is 0 Å². The smallest absolute Gasteiger partial charge is 0.234 e. The Labute approximate surface area is 163 Å². The zero-order valence-electron chi connectivity index (χ0n) is 15.3. The van der Waals surface area contributed by atoms with Gasteiger partial charge in [-0.15, -0.1) is 0 Å². The van der Waals surface area contributed by atoms with Crippen LogP contribution in [0.25, 0.3) is 10.9 Å². The topological polar surface area (TPSA) is 42.0 Å². The third-order valence-electron chi connectivity index (χ3n) is 4.25. The molecule has 26 heavy (non-hydrogen) atoms. The molecular formula is C21H21ClN2OS. The van der Waals surface area contributed by atoms with Crippen LogP contribution < -0.4 is 5.32 Å². The van der Waals surface area contributed by atoms with Gasteiger partial charge in [-0.3, -0.25) is 4.79 Å². The molecule has 0 saturated heterocycles. The lowest BCUT2D eigenvalue weighted by molar-refractivity contribution is -0.113. The number of carbonyl (C=O) groups excluding carboxylic acids is 1. The van der Waals surface area contributed by atoms with Gasteiger partial charge < -0.3 is 5.32 Å². The van der Waals surface area contributed by atoms with Crippen LogP contribution >= 0.6 is 23.4 Å². The first-order valence-electron chi connectivity index (χ1n) is 8.41. The number of hydrogen-bond donors (Lipinski definition) is 1. The minimum Gasteiger partial charge on any atom is -0.325 e. The highest BCUT2D eigenvalue weighted by atomic mass is 35.5. The molecule has 3 aromatic rings. The molecule has 0 aliphatic heterocycles. The highest BCUT2D eigenvalue weighted by Gasteiger charge is 2.10. The van der Waals surface area contributed by atoms with Crippen molar-refractivity contribution < 1.29 is 4.79 Å². The number of amides is 1. The summed E-state index contributed by atoms with van der Waals surface area (Å²) in [5.74, 6) is 0.255. The fourth-order valence-corrected chi connectivity index (χ4v) is 3.98. The van der Waals surface area contributed by atoms with Gasteiger partial charge in [0.25, 0.3) is 0 Å². The average Bonchev–Trinajstić information content (AvgIpc) is 2.56. The summed E-state index contributed by atoms with van der Waals surface area (Å²) in [6.07, 6.45) is 0. The van der Waals surface area contributed by atoms with Gasteiger partial charge in [0.05, 0.1) is 16.3 Å². The zero-order valence-corrected chi connectivity index (χ0v) is 16.9. The maximum atomic E-state index is 12.3. The second-order valence-electron chi connectivity index (χ2n) is 6.55. The lowest BCUT2D eigenvalue weighted by atomic mass is 10.0. The number of hydrogen-bond acceptors (Lipinski definition) is 3. The third kappa shape index (κ3) is 4.19. The summed E-state index contributed by atoms with van der Waals surface area (Å²) in [5, 5.41) is 5.64. The van der Waals surface area contributed by atoms with Gasteiger partial charge in [0.2, 0.25) is 5.91 Å². The Hall–Kier alpha value is -2.04. The molecule has 3 nitrogen and oxygen atoms in total. The van der Waals surface area contributed by atoms with E-state index in [1.165, 1.54) is 28.3 Å². The van der Waals surface area contributed by atoms with Crippen LogP contribution in [0.1, 0.15) is 22.3 Å². The molecule has 3 rings (SSSR count). The Morgan fingerprint density at radius 1 is 1.04 bits per heavy atom. The van der Waals surface area contributed by atoms with Crippen molar-refractivity contribution in [3.63, 3.8) is 0 Å². The highest BCUT2D eigenvalue weighted by Crippen LogP contribution is 2.27. The molecule has 0 atom stereocenters. The van der Waals surface area contributed by atoms with Crippen molar-refractivity contribution in [2.75, 3.05) is 11.1 Å². The largest absolute Gasteiger partial charge is 0.325 e. The van der Waals surface area contributed by atoms with E-state index in [2.05, 4.69) is 38.2 Å². The summed E-state index contributed by atoms with van der Waals surface area (Å²) in [5.41, 5.74) is 6.31. The molecule has 5 heteroatoms. The molecule has 0 aliphatic carbocycles. The lowest BCUT2D eigenvalue weighted by Crippen LogP contribution is -2.14. The average molecular weight is 385 g/mol. The van der Waals surface area contributed by atoms with Gasteiger partial charge in [0.1, 0.15) is 0 Å². The standard InChI is InChI=1S/C21H21ClN2OS/c1-12-7-15(4)21-17(8-12)13(2)10-20(24-21)26-11-19(25)23-18-6-5-16(22)9-14(18)3/h5-10H,11H2,1-4H3,(H,23,25). The zero-order chi connectivity index (χ0) is 18.8. The minimum atomic E-state index is -0.0550. The molecule has 0 radical (unpaired) electrons. The number of rotatable bonds is 4. The molecule has 2 aromatic carbocycles. The van der Waals surface area contributed by atoms with E-state index in [9.17, 15) is 4.79 Å². The minimum absolute atomic E-state index is 0.0550. The first-order valence-corrected chi connectivity index (χ1v) is 9.77. The number of fused-ring (bicyclic) bond motifs is 1. The summed E-state index contributed by atoms with van der Waals surface area (Å²) in [6, 6.07) is 11.8. The Morgan fingerprint density at radius 3 is 2.54 bits per heavy atom. The SMILES string of the molecule is Cc1cc(C)c2nc(SCC(=O)Nc3ccc(Cl)cc3C)cc(C)c2c1. The van der Waals surface area contributed by atoms with Gasteiger partial charge in [-0.05, 0) is 74.7 Å². The maximum absolute atomic E-state index is 12.3. The fourth-order valence-electron chi connectivity index (χ4n) is 2.98. The second-order valence-corrected chi connectivity index (χ2v) is 7.98. The van der Waals surface area contributed by atoms with Crippen LogP contribution in [0.2, 0.25) is 5.02 Å². The molecule has 0 spiro atoms. The molecule has 1 N–H and O–H groups in total. The Balaban J connectivity index is 1.74. The van der Waals surface area contributed by atoms with Gasteiger partial charge in [-0.2, -0.15) is 0 Å². The molecule has 0 aliphatic rings. The van der Waals surface area contributed by atoms with E-state index in [-0.39, 0.29) is 5.91 Å². The highest BCUT2D eigenvalue weighted by molar-refractivity contribution is 7.99. The number of benzene rings is 2. The van der Waals surface area contributed by atoms with E-state index in [0.717, 1.165) is 27.4 Å². The van der Waals surface area contributed by atoms with Crippen LogP contribution in [0, 0.1) is 27.7 Å². The quantitative estimate of drug-likeness (QED) is 0.573. The summed E-state index contributed by atoms with van der Waals surface area (Å²) in [6.45, 7) is 8.18. The first kappa shape index (κ1) is 18.7. The summed E-state index contributed by atoms with van der Waals surface area (Å²) in [4.78, 5) is 17.0. The molecule has 0 fully saturated rings. The third-order valence-corrected chi connectivity index (χ3v) is 5.39. The van der Waals surface area contributed by atoms with Crippen molar-refractivity contribution in [3.8, 4) is 0 Å². The number of carbonyl (C=O) groups is 1. The van der Waals surface area contributed by atoms with Crippen LogP contribution in [0.5, 0.6) is 0 Å². The molecule has 134 valence electrons. The van der Waals surface area contributed by atoms with E-state index >= 15 is 0 Å². The van der Waals surface area contributed by atoms with E-state index in [0.29, 0.717) is 10.8 Å². The van der Waals surface area contributed by atoms with Gasteiger partial charge in [0, 0.05) is 16.1 Å². The lowest BCUT2D eigenvalue weighted by Gasteiger charge is -2.11. The van der Waals surface area contributed by atoms with Crippen LogP contribution in [0.15, 0.2) is 41.4 Å².